The highest BCUT2D eigenvalue weighted by molar-refractivity contribution is 5.91. The monoisotopic (exact) mass is 227 g/mol. The summed E-state index contributed by atoms with van der Waals surface area (Å²) < 4.78 is 18.2. The van der Waals surface area contributed by atoms with Crippen LogP contribution in [-0.4, -0.2) is 5.16 Å². The molecule has 2 nitrogen and oxygen atoms in total. The summed E-state index contributed by atoms with van der Waals surface area (Å²) >= 11 is 0. The van der Waals surface area contributed by atoms with Gasteiger partial charge in [0, 0.05) is 17.0 Å². The van der Waals surface area contributed by atoms with Crippen LogP contribution in [0.3, 0.4) is 0 Å². The fraction of sp³-hybridized carbons (Fsp3) is 0.0714. The lowest BCUT2D eigenvalue weighted by atomic mass is 10.1. The SMILES string of the molecule is Cc1cccc(-c2noc3cc(F)ccc23)c1. The van der Waals surface area contributed by atoms with Gasteiger partial charge in [-0.3, -0.25) is 0 Å². The van der Waals surface area contributed by atoms with Gasteiger partial charge in [0.15, 0.2) is 5.58 Å². The van der Waals surface area contributed by atoms with Crippen molar-refractivity contribution >= 4 is 11.0 Å². The number of fused-ring (bicyclic) bond motifs is 1. The van der Waals surface area contributed by atoms with Gasteiger partial charge >= 0.3 is 0 Å². The second-order valence-electron chi connectivity index (χ2n) is 4.04. The molecular formula is C14H10FNO. The summed E-state index contributed by atoms with van der Waals surface area (Å²) in [5, 5.41) is 4.84. The maximum absolute atomic E-state index is 13.0. The predicted octanol–water partition coefficient (Wildman–Crippen LogP) is 3.94. The molecule has 17 heavy (non-hydrogen) atoms. The first-order valence-corrected chi connectivity index (χ1v) is 5.36. The fourth-order valence-corrected chi connectivity index (χ4v) is 1.91. The minimum Gasteiger partial charge on any atom is -0.356 e. The first-order valence-electron chi connectivity index (χ1n) is 5.36. The van der Waals surface area contributed by atoms with Gasteiger partial charge in [0.05, 0.1) is 0 Å². The van der Waals surface area contributed by atoms with Gasteiger partial charge in [-0.15, -0.1) is 0 Å². The number of benzene rings is 2. The van der Waals surface area contributed by atoms with Crippen molar-refractivity contribution in [1.82, 2.24) is 5.16 Å². The standard InChI is InChI=1S/C14H10FNO/c1-9-3-2-4-10(7-9)14-12-6-5-11(15)8-13(12)17-16-14/h2-8H,1H3. The Morgan fingerprint density at radius 2 is 2.00 bits per heavy atom. The van der Waals surface area contributed by atoms with Crippen molar-refractivity contribution in [2.24, 2.45) is 0 Å². The summed E-state index contributed by atoms with van der Waals surface area (Å²) in [6, 6.07) is 12.4. The minimum atomic E-state index is -0.315. The summed E-state index contributed by atoms with van der Waals surface area (Å²) in [5.74, 6) is -0.315. The molecule has 3 aromatic rings. The van der Waals surface area contributed by atoms with Gasteiger partial charge in [0.2, 0.25) is 0 Å². The molecule has 3 rings (SSSR count). The zero-order valence-corrected chi connectivity index (χ0v) is 9.27. The second-order valence-corrected chi connectivity index (χ2v) is 4.04. The molecule has 84 valence electrons. The quantitative estimate of drug-likeness (QED) is 0.629. The van der Waals surface area contributed by atoms with Gasteiger partial charge in [0.1, 0.15) is 11.5 Å². The topological polar surface area (TPSA) is 26.0 Å². The van der Waals surface area contributed by atoms with E-state index in [1.807, 2.05) is 31.2 Å². The van der Waals surface area contributed by atoms with Crippen LogP contribution in [0.4, 0.5) is 4.39 Å². The first-order chi connectivity index (χ1) is 8.24. The summed E-state index contributed by atoms with van der Waals surface area (Å²) in [7, 11) is 0. The fourth-order valence-electron chi connectivity index (χ4n) is 1.91. The van der Waals surface area contributed by atoms with Crippen molar-refractivity contribution in [3.63, 3.8) is 0 Å². The van der Waals surface area contributed by atoms with Crippen LogP contribution in [0.1, 0.15) is 5.56 Å². The van der Waals surface area contributed by atoms with Crippen LogP contribution < -0.4 is 0 Å². The molecule has 0 aliphatic rings. The van der Waals surface area contributed by atoms with Crippen molar-refractivity contribution in [3.05, 3.63) is 53.8 Å². The Morgan fingerprint density at radius 1 is 1.12 bits per heavy atom. The number of rotatable bonds is 1. The van der Waals surface area contributed by atoms with Crippen molar-refractivity contribution in [2.75, 3.05) is 0 Å². The lowest BCUT2D eigenvalue weighted by Gasteiger charge is -1.98. The average molecular weight is 227 g/mol. The zero-order chi connectivity index (χ0) is 11.8. The number of hydrogen-bond acceptors (Lipinski definition) is 2. The molecule has 0 spiro atoms. The number of aryl methyl sites for hydroxylation is 1. The highest BCUT2D eigenvalue weighted by Crippen LogP contribution is 2.28. The summed E-state index contributed by atoms with van der Waals surface area (Å²) in [5.41, 5.74) is 3.36. The molecule has 0 radical (unpaired) electrons. The van der Waals surface area contributed by atoms with Crippen LogP contribution in [0.25, 0.3) is 22.2 Å². The van der Waals surface area contributed by atoms with Gasteiger partial charge in [0.25, 0.3) is 0 Å². The average Bonchev–Trinajstić information content (AvgIpc) is 2.71. The molecule has 1 heterocycles. The smallest absolute Gasteiger partial charge is 0.170 e. The Morgan fingerprint density at radius 3 is 2.82 bits per heavy atom. The second kappa shape index (κ2) is 3.70. The molecule has 0 unspecified atom stereocenters. The molecule has 1 aromatic heterocycles. The molecule has 0 amide bonds. The number of hydrogen-bond donors (Lipinski definition) is 0. The third-order valence-electron chi connectivity index (χ3n) is 2.73. The normalized spacial score (nSPS) is 10.9. The van der Waals surface area contributed by atoms with Crippen LogP contribution in [-0.2, 0) is 0 Å². The highest BCUT2D eigenvalue weighted by atomic mass is 19.1. The first kappa shape index (κ1) is 10.0. The van der Waals surface area contributed by atoms with Crippen molar-refractivity contribution in [3.8, 4) is 11.3 Å². The summed E-state index contributed by atoms with van der Waals surface area (Å²) in [4.78, 5) is 0. The van der Waals surface area contributed by atoms with E-state index < -0.39 is 0 Å². The summed E-state index contributed by atoms with van der Waals surface area (Å²) in [6.07, 6.45) is 0. The van der Waals surface area contributed by atoms with E-state index in [0.29, 0.717) is 5.58 Å². The van der Waals surface area contributed by atoms with Crippen LogP contribution in [0.2, 0.25) is 0 Å². The van der Waals surface area contributed by atoms with Crippen molar-refractivity contribution in [1.29, 1.82) is 0 Å². The van der Waals surface area contributed by atoms with E-state index in [1.54, 1.807) is 6.07 Å². The zero-order valence-electron chi connectivity index (χ0n) is 9.27. The molecule has 0 saturated heterocycles. The number of aromatic nitrogens is 1. The third-order valence-corrected chi connectivity index (χ3v) is 2.73. The van der Waals surface area contributed by atoms with Gasteiger partial charge in [-0.1, -0.05) is 28.9 Å². The van der Waals surface area contributed by atoms with Crippen molar-refractivity contribution in [2.45, 2.75) is 6.92 Å². The molecule has 0 aliphatic heterocycles. The van der Waals surface area contributed by atoms with Crippen LogP contribution in [0.5, 0.6) is 0 Å². The van der Waals surface area contributed by atoms with Crippen molar-refractivity contribution < 1.29 is 8.91 Å². The minimum absolute atomic E-state index is 0.315. The van der Waals surface area contributed by atoms with E-state index in [-0.39, 0.29) is 5.82 Å². The molecule has 0 aliphatic carbocycles. The maximum Gasteiger partial charge on any atom is 0.170 e. The summed E-state index contributed by atoms with van der Waals surface area (Å²) in [6.45, 7) is 2.02. The van der Waals surface area contributed by atoms with E-state index >= 15 is 0 Å². The Labute approximate surface area is 97.7 Å². The van der Waals surface area contributed by atoms with Gasteiger partial charge in [-0.25, -0.2) is 4.39 Å². The Kier molecular flexibility index (Phi) is 2.18. The van der Waals surface area contributed by atoms with Gasteiger partial charge < -0.3 is 4.52 Å². The Hall–Kier alpha value is -2.16. The Bertz CT molecular complexity index is 688. The van der Waals surface area contributed by atoms with Gasteiger partial charge in [-0.2, -0.15) is 0 Å². The highest BCUT2D eigenvalue weighted by Gasteiger charge is 2.10. The Balaban J connectivity index is 2.24. The molecule has 0 fully saturated rings. The lowest BCUT2D eigenvalue weighted by molar-refractivity contribution is 0.457. The molecule has 0 atom stereocenters. The number of halogens is 1. The van der Waals surface area contributed by atoms with E-state index in [9.17, 15) is 4.39 Å². The third kappa shape index (κ3) is 1.69. The van der Waals surface area contributed by atoms with Crippen LogP contribution in [0.15, 0.2) is 47.0 Å². The van der Waals surface area contributed by atoms with E-state index in [0.717, 1.165) is 22.2 Å². The van der Waals surface area contributed by atoms with E-state index in [1.165, 1.54) is 12.1 Å². The maximum atomic E-state index is 13.0. The molecule has 0 N–H and O–H groups in total. The lowest BCUT2D eigenvalue weighted by Crippen LogP contribution is -1.80. The molecule has 2 aromatic carbocycles. The molecule has 0 saturated carbocycles. The molecule has 3 heteroatoms. The molecule has 0 bridgehead atoms. The van der Waals surface area contributed by atoms with E-state index in [4.69, 9.17) is 4.52 Å². The largest absolute Gasteiger partial charge is 0.356 e. The van der Waals surface area contributed by atoms with E-state index in [2.05, 4.69) is 5.16 Å². The van der Waals surface area contributed by atoms with Crippen LogP contribution in [0, 0.1) is 12.7 Å². The number of nitrogens with zero attached hydrogens (tertiary/aromatic N) is 1. The molecular weight excluding hydrogens is 217 g/mol. The van der Waals surface area contributed by atoms with Crippen LogP contribution >= 0.6 is 0 Å². The predicted molar refractivity (Wildman–Crippen MR) is 64.1 cm³/mol. The van der Waals surface area contributed by atoms with Gasteiger partial charge in [-0.05, 0) is 25.1 Å².